The van der Waals surface area contributed by atoms with Gasteiger partial charge >= 0.3 is 0 Å². The highest BCUT2D eigenvalue weighted by Crippen LogP contribution is 2.38. The Morgan fingerprint density at radius 3 is 2.64 bits per heavy atom. The molecule has 1 aliphatic carbocycles. The van der Waals surface area contributed by atoms with E-state index in [1.807, 2.05) is 18.3 Å². The molecule has 1 aliphatic heterocycles. The van der Waals surface area contributed by atoms with Gasteiger partial charge in [-0.3, -0.25) is 14.7 Å². The molecule has 2 fully saturated rings. The highest BCUT2D eigenvalue weighted by Gasteiger charge is 2.33. The molecule has 0 spiro atoms. The van der Waals surface area contributed by atoms with Crippen LogP contribution in [0.1, 0.15) is 57.1 Å². The Morgan fingerprint density at radius 2 is 2.00 bits per heavy atom. The van der Waals surface area contributed by atoms with Crippen LogP contribution in [0.3, 0.4) is 0 Å². The van der Waals surface area contributed by atoms with Crippen LogP contribution in [-0.2, 0) is 11.3 Å². The van der Waals surface area contributed by atoms with Crippen LogP contribution in [0.4, 0.5) is 0 Å². The summed E-state index contributed by atoms with van der Waals surface area (Å²) >= 11 is 0. The van der Waals surface area contributed by atoms with Crippen LogP contribution in [-0.4, -0.2) is 41.5 Å². The molecule has 0 radical (unpaired) electrons. The molecule has 3 rings (SSSR count). The Balaban J connectivity index is 1.41. The average Bonchev–Trinajstić information content (AvgIpc) is 2.65. The smallest absolute Gasteiger partial charge is 0.220 e. The standard InChI is InChI=1S/C20H32N4O/c21-16-20(9-3-1-4-10-20)14-19(25)23-17-7-12-24(13-8-17)15-18-6-2-5-11-22-18/h2,5-6,11,17H,1,3-4,7-10,12-16,21H2,(H,23,25). The van der Waals surface area contributed by atoms with Gasteiger partial charge in [0, 0.05) is 38.3 Å². The highest BCUT2D eigenvalue weighted by molar-refractivity contribution is 5.77. The summed E-state index contributed by atoms with van der Waals surface area (Å²) in [6, 6.07) is 6.37. The number of amides is 1. The SMILES string of the molecule is NCC1(CC(=O)NC2CCN(Cc3ccccn3)CC2)CCCCC1. The van der Waals surface area contributed by atoms with Gasteiger partial charge in [0.25, 0.3) is 0 Å². The third kappa shape index (κ3) is 5.25. The van der Waals surface area contributed by atoms with Crippen molar-refractivity contribution in [1.82, 2.24) is 15.2 Å². The maximum absolute atomic E-state index is 12.5. The van der Waals surface area contributed by atoms with Crippen molar-refractivity contribution in [3.8, 4) is 0 Å². The monoisotopic (exact) mass is 344 g/mol. The molecule has 0 aromatic carbocycles. The molecular formula is C20H32N4O. The summed E-state index contributed by atoms with van der Waals surface area (Å²) in [6.07, 6.45) is 10.4. The number of nitrogens with two attached hydrogens (primary N) is 1. The van der Waals surface area contributed by atoms with Gasteiger partial charge in [0.2, 0.25) is 5.91 Å². The molecular weight excluding hydrogens is 312 g/mol. The Hall–Kier alpha value is -1.46. The predicted octanol–water partition coefficient (Wildman–Crippen LogP) is 2.46. The van der Waals surface area contributed by atoms with Crippen molar-refractivity contribution < 1.29 is 4.79 Å². The number of likely N-dealkylation sites (tertiary alicyclic amines) is 1. The number of piperidine rings is 1. The lowest BCUT2D eigenvalue weighted by molar-refractivity contribution is -0.124. The second kappa shape index (κ2) is 8.77. The third-order valence-electron chi connectivity index (χ3n) is 5.95. The molecule has 1 saturated carbocycles. The Morgan fingerprint density at radius 1 is 1.24 bits per heavy atom. The minimum atomic E-state index is 0.0576. The molecule has 138 valence electrons. The van der Waals surface area contributed by atoms with Crippen molar-refractivity contribution in [2.75, 3.05) is 19.6 Å². The number of nitrogens with one attached hydrogen (secondary N) is 1. The fourth-order valence-electron chi connectivity index (χ4n) is 4.33. The van der Waals surface area contributed by atoms with Gasteiger partial charge in [-0.25, -0.2) is 0 Å². The summed E-state index contributed by atoms with van der Waals surface area (Å²) in [5.41, 5.74) is 7.19. The van der Waals surface area contributed by atoms with Gasteiger partial charge in [-0.1, -0.05) is 25.3 Å². The molecule has 5 heteroatoms. The molecule has 3 N–H and O–H groups in total. The molecule has 2 aliphatic rings. The van der Waals surface area contributed by atoms with Gasteiger partial charge in [0.15, 0.2) is 0 Å². The molecule has 1 aromatic rings. The maximum Gasteiger partial charge on any atom is 0.220 e. The lowest BCUT2D eigenvalue weighted by Gasteiger charge is -2.37. The molecule has 0 atom stereocenters. The van der Waals surface area contributed by atoms with Crippen molar-refractivity contribution in [3.63, 3.8) is 0 Å². The number of hydrogen-bond donors (Lipinski definition) is 2. The summed E-state index contributed by atoms with van der Waals surface area (Å²) in [4.78, 5) is 19.3. The van der Waals surface area contributed by atoms with Crippen molar-refractivity contribution in [2.45, 2.75) is 64.0 Å². The topological polar surface area (TPSA) is 71.2 Å². The Kier molecular flexibility index (Phi) is 6.43. The van der Waals surface area contributed by atoms with Crippen molar-refractivity contribution >= 4 is 5.91 Å². The number of aromatic nitrogens is 1. The van der Waals surface area contributed by atoms with Crippen LogP contribution >= 0.6 is 0 Å². The molecule has 5 nitrogen and oxygen atoms in total. The molecule has 25 heavy (non-hydrogen) atoms. The van der Waals surface area contributed by atoms with Gasteiger partial charge in [-0.2, -0.15) is 0 Å². The maximum atomic E-state index is 12.5. The molecule has 1 aromatic heterocycles. The summed E-state index contributed by atoms with van der Waals surface area (Å²) in [5, 5.41) is 3.27. The minimum Gasteiger partial charge on any atom is -0.353 e. The first-order valence-corrected chi connectivity index (χ1v) is 9.81. The Bertz CT molecular complexity index is 534. The first-order valence-electron chi connectivity index (χ1n) is 9.81. The summed E-state index contributed by atoms with van der Waals surface area (Å²) in [5.74, 6) is 0.204. The van der Waals surface area contributed by atoms with E-state index in [-0.39, 0.29) is 11.3 Å². The fourth-order valence-corrected chi connectivity index (χ4v) is 4.33. The van der Waals surface area contributed by atoms with E-state index in [1.54, 1.807) is 0 Å². The minimum absolute atomic E-state index is 0.0576. The molecule has 0 unspecified atom stereocenters. The average molecular weight is 345 g/mol. The van der Waals surface area contributed by atoms with E-state index in [9.17, 15) is 4.79 Å². The largest absolute Gasteiger partial charge is 0.353 e. The zero-order chi connectivity index (χ0) is 17.5. The highest BCUT2D eigenvalue weighted by atomic mass is 16.1. The van der Waals surface area contributed by atoms with Crippen LogP contribution in [0.15, 0.2) is 24.4 Å². The van der Waals surface area contributed by atoms with Gasteiger partial charge in [-0.15, -0.1) is 0 Å². The molecule has 0 bridgehead atoms. The van der Waals surface area contributed by atoms with Gasteiger partial charge in [0.05, 0.1) is 5.69 Å². The van der Waals surface area contributed by atoms with Crippen molar-refractivity contribution in [2.24, 2.45) is 11.1 Å². The number of carbonyl (C=O) groups excluding carboxylic acids is 1. The molecule has 2 heterocycles. The van der Waals surface area contributed by atoms with E-state index < -0.39 is 0 Å². The molecule has 1 saturated heterocycles. The summed E-state index contributed by atoms with van der Waals surface area (Å²) in [7, 11) is 0. The Labute approximate surface area is 151 Å². The van der Waals surface area contributed by atoms with Gasteiger partial charge < -0.3 is 11.1 Å². The van der Waals surface area contributed by atoms with Crippen LogP contribution in [0.5, 0.6) is 0 Å². The molecule has 1 amide bonds. The summed E-state index contributed by atoms with van der Waals surface area (Å²) in [6.45, 7) is 3.58. The van der Waals surface area contributed by atoms with E-state index in [2.05, 4.69) is 21.3 Å². The number of nitrogens with zero attached hydrogens (tertiary/aromatic N) is 2. The van der Waals surface area contributed by atoms with Crippen LogP contribution in [0, 0.1) is 5.41 Å². The second-order valence-electron chi connectivity index (χ2n) is 7.88. The van der Waals surface area contributed by atoms with Crippen LogP contribution in [0.2, 0.25) is 0 Å². The van der Waals surface area contributed by atoms with E-state index in [1.165, 1.54) is 19.3 Å². The number of carbonyl (C=O) groups is 1. The number of rotatable bonds is 6. The number of pyridine rings is 1. The third-order valence-corrected chi connectivity index (χ3v) is 5.95. The zero-order valence-corrected chi connectivity index (χ0v) is 15.3. The van der Waals surface area contributed by atoms with E-state index in [0.29, 0.717) is 19.0 Å². The van der Waals surface area contributed by atoms with Crippen LogP contribution < -0.4 is 11.1 Å². The summed E-state index contributed by atoms with van der Waals surface area (Å²) < 4.78 is 0. The first kappa shape index (κ1) is 18.3. The lowest BCUT2D eigenvalue weighted by Crippen LogP contribution is -2.46. The number of hydrogen-bond acceptors (Lipinski definition) is 4. The quantitative estimate of drug-likeness (QED) is 0.831. The fraction of sp³-hybridized carbons (Fsp3) is 0.700. The lowest BCUT2D eigenvalue weighted by atomic mass is 9.71. The van der Waals surface area contributed by atoms with Crippen molar-refractivity contribution in [3.05, 3.63) is 30.1 Å². The van der Waals surface area contributed by atoms with Crippen molar-refractivity contribution in [1.29, 1.82) is 0 Å². The van der Waals surface area contributed by atoms with Crippen LogP contribution in [0.25, 0.3) is 0 Å². The second-order valence-corrected chi connectivity index (χ2v) is 7.88. The van der Waals surface area contributed by atoms with Gasteiger partial charge in [-0.05, 0) is 49.8 Å². The first-order chi connectivity index (χ1) is 12.2. The predicted molar refractivity (Wildman–Crippen MR) is 99.9 cm³/mol. The normalized spacial score (nSPS) is 21.8. The van der Waals surface area contributed by atoms with E-state index in [0.717, 1.165) is 51.0 Å². The van der Waals surface area contributed by atoms with Gasteiger partial charge in [0.1, 0.15) is 0 Å². The zero-order valence-electron chi connectivity index (χ0n) is 15.3. The van der Waals surface area contributed by atoms with E-state index >= 15 is 0 Å². The van der Waals surface area contributed by atoms with E-state index in [4.69, 9.17) is 5.73 Å².